The van der Waals surface area contributed by atoms with Crippen molar-refractivity contribution in [3.8, 4) is 0 Å². The second-order valence-electron chi connectivity index (χ2n) is 9.77. The average Bonchev–Trinajstić information content (AvgIpc) is 2.75. The van der Waals surface area contributed by atoms with Crippen molar-refractivity contribution in [3.63, 3.8) is 0 Å². The number of ether oxygens (including phenoxy) is 2. The Kier molecular flexibility index (Phi) is 9.78. The lowest BCUT2D eigenvalue weighted by atomic mass is 9.92. The molecule has 182 valence electrons. The molecule has 1 unspecified atom stereocenters. The Balaban J connectivity index is 1.68. The van der Waals surface area contributed by atoms with Crippen molar-refractivity contribution in [3.05, 3.63) is 0 Å². The number of piperidine rings is 2. The molecule has 2 aliphatic heterocycles. The standard InChI is InChI=1S/C23H39N3O6/c1-23(2,3)32-22(30)25-14-11-17(12-15-25)7-9-20(28)26-13-5-6-18(16-26)24-19(27)8-10-21(29)31-4/h17-18H,5-16H2,1-4H3,(H,24,27). The van der Waals surface area contributed by atoms with Crippen LogP contribution in [-0.4, -0.2) is 78.6 Å². The van der Waals surface area contributed by atoms with Crippen LogP contribution in [0.2, 0.25) is 0 Å². The van der Waals surface area contributed by atoms with Gasteiger partial charge in [-0.25, -0.2) is 4.79 Å². The SMILES string of the molecule is COC(=O)CCC(=O)NC1CCCN(C(=O)CCC2CCN(C(=O)OC(C)(C)C)CC2)C1. The van der Waals surface area contributed by atoms with Gasteiger partial charge in [0.05, 0.1) is 13.5 Å². The quantitative estimate of drug-likeness (QED) is 0.594. The lowest BCUT2D eigenvalue weighted by Crippen LogP contribution is -2.49. The summed E-state index contributed by atoms with van der Waals surface area (Å²) in [7, 11) is 1.30. The maximum absolute atomic E-state index is 12.7. The molecule has 0 bridgehead atoms. The van der Waals surface area contributed by atoms with Gasteiger partial charge in [-0.2, -0.15) is 0 Å². The predicted octanol–water partition coefficient (Wildman–Crippen LogP) is 2.47. The van der Waals surface area contributed by atoms with Crippen molar-refractivity contribution in [2.45, 2.75) is 83.8 Å². The molecule has 1 N–H and O–H groups in total. The average molecular weight is 454 g/mol. The molecule has 0 aliphatic carbocycles. The van der Waals surface area contributed by atoms with Gasteiger partial charge in [-0.15, -0.1) is 0 Å². The van der Waals surface area contributed by atoms with Gasteiger partial charge in [0.25, 0.3) is 0 Å². The second-order valence-corrected chi connectivity index (χ2v) is 9.77. The number of methoxy groups -OCH3 is 1. The third kappa shape index (κ3) is 9.04. The lowest BCUT2D eigenvalue weighted by molar-refractivity contribution is -0.142. The summed E-state index contributed by atoms with van der Waals surface area (Å²) in [5.41, 5.74) is -0.493. The van der Waals surface area contributed by atoms with Crippen LogP contribution in [-0.2, 0) is 23.9 Å². The molecule has 2 heterocycles. The highest BCUT2D eigenvalue weighted by Gasteiger charge is 2.29. The van der Waals surface area contributed by atoms with Crippen molar-refractivity contribution in [2.24, 2.45) is 5.92 Å². The molecule has 0 saturated carbocycles. The van der Waals surface area contributed by atoms with Crippen molar-refractivity contribution < 1.29 is 28.7 Å². The molecule has 0 aromatic carbocycles. The number of carbonyl (C=O) groups excluding carboxylic acids is 4. The third-order valence-electron chi connectivity index (χ3n) is 5.96. The van der Waals surface area contributed by atoms with Crippen LogP contribution in [0.25, 0.3) is 0 Å². The highest BCUT2D eigenvalue weighted by molar-refractivity contribution is 5.81. The van der Waals surface area contributed by atoms with Gasteiger partial charge in [0, 0.05) is 45.1 Å². The predicted molar refractivity (Wildman–Crippen MR) is 119 cm³/mol. The number of rotatable bonds is 7. The van der Waals surface area contributed by atoms with Crippen molar-refractivity contribution in [1.82, 2.24) is 15.1 Å². The van der Waals surface area contributed by atoms with Crippen LogP contribution >= 0.6 is 0 Å². The fourth-order valence-corrected chi connectivity index (χ4v) is 4.16. The molecular formula is C23H39N3O6. The molecule has 3 amide bonds. The van der Waals surface area contributed by atoms with Crippen LogP contribution < -0.4 is 5.32 Å². The van der Waals surface area contributed by atoms with Gasteiger partial charge >= 0.3 is 12.1 Å². The van der Waals surface area contributed by atoms with Crippen LogP contribution in [0.15, 0.2) is 0 Å². The normalized spacial score (nSPS) is 19.9. The van der Waals surface area contributed by atoms with Crippen LogP contribution in [0.1, 0.15) is 72.1 Å². The van der Waals surface area contributed by atoms with Crippen LogP contribution in [0.3, 0.4) is 0 Å². The molecule has 2 aliphatic rings. The summed E-state index contributed by atoms with van der Waals surface area (Å²) in [4.78, 5) is 51.7. The van der Waals surface area contributed by atoms with Crippen molar-refractivity contribution in [2.75, 3.05) is 33.3 Å². The van der Waals surface area contributed by atoms with Gasteiger partial charge in [-0.1, -0.05) is 0 Å². The van der Waals surface area contributed by atoms with Crippen molar-refractivity contribution >= 4 is 23.9 Å². The largest absolute Gasteiger partial charge is 0.469 e. The van der Waals surface area contributed by atoms with Crippen LogP contribution in [0, 0.1) is 5.92 Å². The Morgan fingerprint density at radius 2 is 1.62 bits per heavy atom. The number of likely N-dealkylation sites (tertiary alicyclic amines) is 2. The van der Waals surface area contributed by atoms with E-state index in [4.69, 9.17) is 4.74 Å². The molecule has 2 saturated heterocycles. The number of esters is 1. The summed E-state index contributed by atoms with van der Waals surface area (Å²) in [6.45, 7) is 8.14. The molecule has 1 atom stereocenters. The molecule has 32 heavy (non-hydrogen) atoms. The van der Waals surface area contributed by atoms with Crippen molar-refractivity contribution in [1.29, 1.82) is 0 Å². The molecular weight excluding hydrogens is 414 g/mol. The number of amides is 3. The molecule has 0 aromatic heterocycles. The molecule has 2 fully saturated rings. The summed E-state index contributed by atoms with van der Waals surface area (Å²) in [6, 6.07) is -0.0742. The Morgan fingerprint density at radius 1 is 0.938 bits per heavy atom. The third-order valence-corrected chi connectivity index (χ3v) is 5.96. The number of nitrogens with zero attached hydrogens (tertiary/aromatic N) is 2. The summed E-state index contributed by atoms with van der Waals surface area (Å²) in [6.07, 6.45) is 4.63. The van der Waals surface area contributed by atoms with Gasteiger partial charge in [-0.05, 0) is 58.8 Å². The van der Waals surface area contributed by atoms with E-state index in [1.807, 2.05) is 25.7 Å². The number of hydrogen-bond acceptors (Lipinski definition) is 6. The summed E-state index contributed by atoms with van der Waals surface area (Å²) >= 11 is 0. The summed E-state index contributed by atoms with van der Waals surface area (Å²) in [5.74, 6) is -0.0479. The molecule has 9 heteroatoms. The Hall–Kier alpha value is -2.32. The molecule has 0 aromatic rings. The molecule has 0 radical (unpaired) electrons. The first-order valence-corrected chi connectivity index (χ1v) is 11.7. The number of hydrogen-bond donors (Lipinski definition) is 1. The van der Waals surface area contributed by atoms with Gasteiger partial charge < -0.3 is 24.6 Å². The molecule has 0 spiro atoms. The first-order chi connectivity index (χ1) is 15.1. The number of carbonyl (C=O) groups is 4. The van der Waals surface area contributed by atoms with E-state index in [1.54, 1.807) is 4.90 Å². The van der Waals surface area contributed by atoms with E-state index < -0.39 is 11.6 Å². The maximum atomic E-state index is 12.7. The minimum Gasteiger partial charge on any atom is -0.469 e. The van der Waals surface area contributed by atoms with E-state index in [2.05, 4.69) is 10.1 Å². The zero-order valence-electron chi connectivity index (χ0n) is 20.0. The van der Waals surface area contributed by atoms with E-state index in [0.717, 1.165) is 32.1 Å². The lowest BCUT2D eigenvalue weighted by Gasteiger charge is -2.35. The van der Waals surface area contributed by atoms with E-state index >= 15 is 0 Å². The summed E-state index contributed by atoms with van der Waals surface area (Å²) in [5, 5.41) is 2.93. The zero-order valence-corrected chi connectivity index (χ0v) is 20.0. The minimum absolute atomic E-state index is 0.0600. The van der Waals surface area contributed by atoms with Gasteiger partial charge in [-0.3, -0.25) is 14.4 Å². The second kappa shape index (κ2) is 12.1. The molecule has 9 nitrogen and oxygen atoms in total. The summed E-state index contributed by atoms with van der Waals surface area (Å²) < 4.78 is 9.99. The highest BCUT2D eigenvalue weighted by Crippen LogP contribution is 2.24. The van der Waals surface area contributed by atoms with E-state index in [9.17, 15) is 19.2 Å². The van der Waals surface area contributed by atoms with Gasteiger partial charge in [0.2, 0.25) is 11.8 Å². The van der Waals surface area contributed by atoms with Gasteiger partial charge in [0.15, 0.2) is 0 Å². The highest BCUT2D eigenvalue weighted by atomic mass is 16.6. The smallest absolute Gasteiger partial charge is 0.410 e. The monoisotopic (exact) mass is 453 g/mol. The zero-order chi connectivity index (χ0) is 23.7. The molecule has 2 rings (SSSR count). The number of nitrogens with one attached hydrogen (secondary N) is 1. The first-order valence-electron chi connectivity index (χ1n) is 11.7. The fraction of sp³-hybridized carbons (Fsp3) is 0.826. The van der Waals surface area contributed by atoms with E-state index in [-0.39, 0.29) is 36.8 Å². The van der Waals surface area contributed by atoms with Crippen LogP contribution in [0.5, 0.6) is 0 Å². The van der Waals surface area contributed by atoms with E-state index in [1.165, 1.54) is 7.11 Å². The fourth-order valence-electron chi connectivity index (χ4n) is 4.16. The van der Waals surface area contributed by atoms with Crippen LogP contribution in [0.4, 0.5) is 4.79 Å². The Labute approximate surface area is 191 Å². The minimum atomic E-state index is -0.493. The Morgan fingerprint density at radius 3 is 2.25 bits per heavy atom. The Bertz CT molecular complexity index is 667. The first kappa shape index (κ1) is 25.9. The maximum Gasteiger partial charge on any atom is 0.410 e. The van der Waals surface area contributed by atoms with E-state index in [0.29, 0.717) is 38.5 Å². The topological polar surface area (TPSA) is 105 Å². The van der Waals surface area contributed by atoms with Gasteiger partial charge in [0.1, 0.15) is 5.60 Å².